The summed E-state index contributed by atoms with van der Waals surface area (Å²) < 4.78 is 5.32. The molecule has 90 valence electrons. The summed E-state index contributed by atoms with van der Waals surface area (Å²) in [6.45, 7) is 1.72. The minimum absolute atomic E-state index is 0.197. The van der Waals surface area contributed by atoms with Crippen LogP contribution in [0.3, 0.4) is 0 Å². The van der Waals surface area contributed by atoms with Gasteiger partial charge in [-0.05, 0) is 6.92 Å². The van der Waals surface area contributed by atoms with Gasteiger partial charge in [0.1, 0.15) is 0 Å². The molecule has 0 bridgehead atoms. The first-order valence-electron chi connectivity index (χ1n) is 4.59. The lowest BCUT2D eigenvalue weighted by Crippen LogP contribution is -2.14. The number of rotatable bonds is 6. The third-order valence-electron chi connectivity index (χ3n) is 1.47. The van der Waals surface area contributed by atoms with Gasteiger partial charge >= 0.3 is 5.97 Å². The molecule has 1 rings (SSSR count). The smallest absolute Gasteiger partial charge is 0.369 e. The van der Waals surface area contributed by atoms with Crippen molar-refractivity contribution < 1.29 is 19.7 Å². The van der Waals surface area contributed by atoms with E-state index in [-0.39, 0.29) is 11.6 Å². The fourth-order valence-electron chi connectivity index (χ4n) is 0.764. The molecule has 2 N–H and O–H groups in total. The molecule has 0 saturated carbocycles. The highest BCUT2D eigenvalue weighted by Crippen LogP contribution is 2.23. The lowest BCUT2D eigenvalue weighted by molar-refractivity contribution is 0.0525. The molecule has 8 heteroatoms. The fraction of sp³-hybridized carbons (Fsp3) is 0.625. The van der Waals surface area contributed by atoms with Crippen LogP contribution in [0, 0.1) is 0 Å². The van der Waals surface area contributed by atoms with Crippen LogP contribution in [-0.2, 0) is 4.74 Å². The lowest BCUT2D eigenvalue weighted by Gasteiger charge is -2.02. The molecule has 0 radical (unpaired) electrons. The van der Waals surface area contributed by atoms with Crippen LogP contribution in [0.2, 0.25) is 0 Å². The third-order valence-corrected chi connectivity index (χ3v) is 3.65. The number of aromatic nitrogens is 2. The summed E-state index contributed by atoms with van der Waals surface area (Å²) in [4.78, 5) is 11.2. The van der Waals surface area contributed by atoms with Gasteiger partial charge in [0.2, 0.25) is 5.01 Å². The summed E-state index contributed by atoms with van der Waals surface area (Å²) in [5, 5.41) is 25.3. The van der Waals surface area contributed by atoms with Crippen LogP contribution in [0.1, 0.15) is 16.7 Å². The van der Waals surface area contributed by atoms with E-state index in [4.69, 9.17) is 14.9 Å². The molecular formula is C8H12N2O4S2. The molecule has 0 saturated heterocycles. The van der Waals surface area contributed by atoms with Crippen molar-refractivity contribution in [3.05, 3.63) is 5.01 Å². The Kier molecular flexibility index (Phi) is 5.67. The summed E-state index contributed by atoms with van der Waals surface area (Å²) in [5.41, 5.74) is 0. The van der Waals surface area contributed by atoms with E-state index < -0.39 is 12.1 Å². The van der Waals surface area contributed by atoms with Gasteiger partial charge in [-0.25, -0.2) is 4.79 Å². The Hall–Kier alpha value is -0.700. The molecule has 1 atom stereocenters. The van der Waals surface area contributed by atoms with Crippen LogP contribution in [-0.4, -0.2) is 51.5 Å². The normalized spacial score (nSPS) is 12.4. The van der Waals surface area contributed by atoms with Gasteiger partial charge in [-0.15, -0.1) is 10.2 Å². The van der Waals surface area contributed by atoms with Crippen molar-refractivity contribution in [2.75, 3.05) is 19.0 Å². The molecule has 1 heterocycles. The van der Waals surface area contributed by atoms with Crippen LogP contribution in [0.5, 0.6) is 0 Å². The standard InChI is InChI=1S/C8H12N2O4S2/c1-2-14-7(13)6-9-10-8(16-6)15-4-5(12)3-11/h5,11-12H,2-4H2,1H3. The molecule has 0 aliphatic rings. The zero-order valence-electron chi connectivity index (χ0n) is 8.62. The van der Waals surface area contributed by atoms with Crippen molar-refractivity contribution in [3.8, 4) is 0 Å². The number of ether oxygens (including phenoxy) is 1. The first-order valence-corrected chi connectivity index (χ1v) is 6.40. The van der Waals surface area contributed by atoms with Gasteiger partial charge in [-0.1, -0.05) is 23.1 Å². The second-order valence-electron chi connectivity index (χ2n) is 2.74. The monoisotopic (exact) mass is 264 g/mol. The highest BCUT2D eigenvalue weighted by molar-refractivity contribution is 8.01. The number of hydrogen-bond donors (Lipinski definition) is 2. The Morgan fingerprint density at radius 1 is 1.62 bits per heavy atom. The second-order valence-corrected chi connectivity index (χ2v) is 4.99. The molecule has 0 aliphatic carbocycles. The largest absolute Gasteiger partial charge is 0.461 e. The quantitative estimate of drug-likeness (QED) is 0.558. The van der Waals surface area contributed by atoms with E-state index >= 15 is 0 Å². The Morgan fingerprint density at radius 2 is 2.38 bits per heavy atom. The molecule has 1 unspecified atom stereocenters. The highest BCUT2D eigenvalue weighted by atomic mass is 32.2. The molecule has 0 aromatic carbocycles. The Bertz CT molecular complexity index is 345. The molecule has 0 spiro atoms. The van der Waals surface area contributed by atoms with Crippen molar-refractivity contribution in [2.45, 2.75) is 17.4 Å². The summed E-state index contributed by atoms with van der Waals surface area (Å²) >= 11 is 2.34. The average Bonchev–Trinajstić information content (AvgIpc) is 2.75. The van der Waals surface area contributed by atoms with Gasteiger partial charge in [-0.3, -0.25) is 0 Å². The van der Waals surface area contributed by atoms with Crippen molar-refractivity contribution >= 4 is 29.1 Å². The zero-order chi connectivity index (χ0) is 12.0. The van der Waals surface area contributed by atoms with Gasteiger partial charge in [0, 0.05) is 5.75 Å². The van der Waals surface area contributed by atoms with Gasteiger partial charge in [0.05, 0.1) is 19.3 Å². The van der Waals surface area contributed by atoms with E-state index in [0.717, 1.165) is 11.3 Å². The number of nitrogens with zero attached hydrogens (tertiary/aromatic N) is 2. The predicted octanol–water partition coefficient (Wildman–Crippen LogP) is 0.160. The third kappa shape index (κ3) is 4.05. The molecule has 0 aliphatic heterocycles. The molecule has 6 nitrogen and oxygen atoms in total. The van der Waals surface area contributed by atoms with Gasteiger partial charge < -0.3 is 14.9 Å². The van der Waals surface area contributed by atoms with E-state index in [9.17, 15) is 4.79 Å². The van der Waals surface area contributed by atoms with Gasteiger partial charge in [-0.2, -0.15) is 0 Å². The Balaban J connectivity index is 2.48. The fourth-order valence-corrected chi connectivity index (χ4v) is 2.45. The minimum Gasteiger partial charge on any atom is -0.461 e. The number of carbonyl (C=O) groups excluding carboxylic acids is 1. The van der Waals surface area contributed by atoms with Gasteiger partial charge in [0.15, 0.2) is 4.34 Å². The SMILES string of the molecule is CCOC(=O)c1nnc(SCC(O)CO)s1. The van der Waals surface area contributed by atoms with Crippen LogP contribution in [0.15, 0.2) is 4.34 Å². The highest BCUT2D eigenvalue weighted by Gasteiger charge is 2.14. The minimum atomic E-state index is -0.792. The van der Waals surface area contributed by atoms with Crippen LogP contribution in [0.4, 0.5) is 0 Å². The van der Waals surface area contributed by atoms with E-state index in [1.165, 1.54) is 11.8 Å². The number of aliphatic hydroxyl groups is 2. The summed E-state index contributed by atoms with van der Waals surface area (Å²) in [7, 11) is 0. The van der Waals surface area contributed by atoms with Crippen molar-refractivity contribution in [1.29, 1.82) is 0 Å². The van der Waals surface area contributed by atoms with Crippen LogP contribution >= 0.6 is 23.1 Å². The Morgan fingerprint density at radius 3 is 3.00 bits per heavy atom. The summed E-state index contributed by atoms with van der Waals surface area (Å²) in [5.74, 6) is -0.178. The number of hydrogen-bond acceptors (Lipinski definition) is 8. The maximum absolute atomic E-state index is 11.2. The van der Waals surface area contributed by atoms with E-state index in [0.29, 0.717) is 16.7 Å². The predicted molar refractivity (Wildman–Crippen MR) is 59.7 cm³/mol. The van der Waals surface area contributed by atoms with Gasteiger partial charge in [0.25, 0.3) is 0 Å². The lowest BCUT2D eigenvalue weighted by atomic mass is 10.4. The number of aliphatic hydroxyl groups excluding tert-OH is 2. The van der Waals surface area contributed by atoms with Crippen LogP contribution < -0.4 is 0 Å². The number of thioether (sulfide) groups is 1. The maximum atomic E-state index is 11.2. The van der Waals surface area contributed by atoms with E-state index in [1.807, 2.05) is 0 Å². The maximum Gasteiger partial charge on any atom is 0.369 e. The molecule has 16 heavy (non-hydrogen) atoms. The molecular weight excluding hydrogens is 252 g/mol. The zero-order valence-corrected chi connectivity index (χ0v) is 10.3. The topological polar surface area (TPSA) is 92.5 Å². The molecule has 0 amide bonds. The molecule has 1 aromatic heterocycles. The van der Waals surface area contributed by atoms with E-state index in [2.05, 4.69) is 10.2 Å². The second kappa shape index (κ2) is 6.79. The average molecular weight is 264 g/mol. The number of carbonyl (C=O) groups is 1. The van der Waals surface area contributed by atoms with Crippen molar-refractivity contribution in [3.63, 3.8) is 0 Å². The first-order chi connectivity index (χ1) is 7.67. The molecule has 1 aromatic rings. The summed E-state index contributed by atoms with van der Waals surface area (Å²) in [6.07, 6.45) is -0.792. The molecule has 0 fully saturated rings. The van der Waals surface area contributed by atoms with E-state index in [1.54, 1.807) is 6.92 Å². The van der Waals surface area contributed by atoms with Crippen molar-refractivity contribution in [1.82, 2.24) is 10.2 Å². The number of esters is 1. The summed E-state index contributed by atoms with van der Waals surface area (Å²) in [6, 6.07) is 0. The van der Waals surface area contributed by atoms with Crippen molar-refractivity contribution in [2.24, 2.45) is 0 Å². The van der Waals surface area contributed by atoms with Crippen LogP contribution in [0.25, 0.3) is 0 Å². The Labute approximate surface area is 101 Å². The first kappa shape index (κ1) is 13.4.